The molecule has 0 aliphatic carbocycles. The van der Waals surface area contributed by atoms with Crippen molar-refractivity contribution in [2.45, 2.75) is 19.6 Å². The molecule has 1 aromatic heterocycles. The zero-order valence-corrected chi connectivity index (χ0v) is 30.1. The van der Waals surface area contributed by atoms with Crippen molar-refractivity contribution in [3.8, 4) is 5.75 Å². The molecule has 232 valence electrons. The van der Waals surface area contributed by atoms with Gasteiger partial charge in [-0.2, -0.15) is 0 Å². The molecule has 4 aromatic carbocycles. The van der Waals surface area contributed by atoms with Gasteiger partial charge in [-0.25, -0.2) is 14.2 Å². The van der Waals surface area contributed by atoms with Crippen LogP contribution in [0.15, 0.2) is 106 Å². The fourth-order valence-corrected chi connectivity index (χ4v) is 8.28. The highest BCUT2D eigenvalue weighted by molar-refractivity contribution is 14.1. The van der Waals surface area contributed by atoms with E-state index in [9.17, 15) is 14.0 Å². The maximum atomic E-state index is 14.3. The van der Waals surface area contributed by atoms with Crippen LogP contribution in [0.1, 0.15) is 35.2 Å². The second kappa shape index (κ2) is 14.2. The Hall–Kier alpha value is -3.33. The van der Waals surface area contributed by atoms with E-state index in [0.29, 0.717) is 43.5 Å². The normalized spacial score (nSPS) is 14.5. The van der Waals surface area contributed by atoms with Crippen LogP contribution in [0.4, 0.5) is 4.39 Å². The zero-order valence-electron chi connectivity index (χ0n) is 24.2. The van der Waals surface area contributed by atoms with Gasteiger partial charge in [0, 0.05) is 19.7 Å². The van der Waals surface area contributed by atoms with Gasteiger partial charge in [-0.05, 0) is 106 Å². The maximum Gasteiger partial charge on any atom is 0.338 e. The van der Waals surface area contributed by atoms with Gasteiger partial charge in [0.1, 0.15) is 18.2 Å². The molecule has 0 bridgehead atoms. The molecule has 1 aliphatic rings. The first-order chi connectivity index (χ1) is 22.2. The largest absolute Gasteiger partial charge is 0.487 e. The standard InChI is InChI=1S/C35H24ClFI2N2O4S/c1-2-44-34(43)29-30(21-6-4-3-5-7-21)40-35-41(31(29)22-10-14-25(37)15-11-22)33(42)28(46-35)17-23-16-26(38)18-27(39)32(23)45-19-20-8-12-24(36)13-9-20/h3-18,31H,2,19H2,1H3/b28-17-/t31-/m0/s1. The maximum absolute atomic E-state index is 14.3. The van der Waals surface area contributed by atoms with Crippen molar-refractivity contribution in [2.24, 2.45) is 4.99 Å². The predicted molar refractivity (Wildman–Crippen MR) is 195 cm³/mol. The quantitative estimate of drug-likeness (QED) is 0.120. The number of rotatable bonds is 8. The summed E-state index contributed by atoms with van der Waals surface area (Å²) in [6, 6.07) is 25.6. The highest BCUT2D eigenvalue weighted by Gasteiger charge is 2.35. The van der Waals surface area contributed by atoms with Gasteiger partial charge in [-0.3, -0.25) is 9.36 Å². The van der Waals surface area contributed by atoms with Crippen molar-refractivity contribution in [1.82, 2.24) is 4.57 Å². The third kappa shape index (κ3) is 6.85. The first-order valence-corrected chi connectivity index (χ1v) is 17.5. The van der Waals surface area contributed by atoms with E-state index in [2.05, 4.69) is 45.2 Å². The van der Waals surface area contributed by atoms with Crippen molar-refractivity contribution in [3.05, 3.63) is 156 Å². The van der Waals surface area contributed by atoms with Gasteiger partial charge < -0.3 is 9.47 Å². The van der Waals surface area contributed by atoms with E-state index in [-0.39, 0.29) is 17.7 Å². The molecule has 5 aromatic rings. The smallest absolute Gasteiger partial charge is 0.338 e. The highest BCUT2D eigenvalue weighted by atomic mass is 127. The number of aromatic nitrogens is 1. The Labute approximate surface area is 300 Å². The average molecular weight is 877 g/mol. The molecule has 0 unspecified atom stereocenters. The molecule has 46 heavy (non-hydrogen) atoms. The van der Waals surface area contributed by atoms with Crippen LogP contribution < -0.4 is 19.6 Å². The van der Waals surface area contributed by atoms with Crippen molar-refractivity contribution < 1.29 is 18.7 Å². The topological polar surface area (TPSA) is 69.9 Å². The molecule has 1 atom stereocenters. The summed E-state index contributed by atoms with van der Waals surface area (Å²) >= 11 is 11.7. The van der Waals surface area contributed by atoms with E-state index in [1.807, 2.05) is 66.7 Å². The molecule has 0 saturated carbocycles. The van der Waals surface area contributed by atoms with Crippen LogP contribution >= 0.6 is 68.1 Å². The molecule has 6 nitrogen and oxygen atoms in total. The highest BCUT2D eigenvalue weighted by Crippen LogP contribution is 2.35. The zero-order chi connectivity index (χ0) is 32.4. The third-order valence-corrected chi connectivity index (χ3v) is 9.84. The van der Waals surface area contributed by atoms with Crippen molar-refractivity contribution in [1.29, 1.82) is 0 Å². The van der Waals surface area contributed by atoms with E-state index in [0.717, 1.165) is 18.3 Å². The SMILES string of the molecule is CCOC(=O)C1=C(c2ccccc2)N=c2s/c(=C\c3cc(I)cc(I)c3OCc3ccc(Cl)cc3)c(=O)n2[C@H]1c1ccc(F)cc1. The van der Waals surface area contributed by atoms with Gasteiger partial charge in [0.2, 0.25) is 0 Å². The van der Waals surface area contributed by atoms with Gasteiger partial charge >= 0.3 is 5.97 Å². The minimum absolute atomic E-state index is 0.134. The first kappa shape index (κ1) is 32.6. The fourth-order valence-electron chi connectivity index (χ4n) is 5.12. The Bertz CT molecular complexity index is 2150. The number of esters is 1. The summed E-state index contributed by atoms with van der Waals surface area (Å²) in [6.07, 6.45) is 1.79. The van der Waals surface area contributed by atoms with Crippen LogP contribution in [0.3, 0.4) is 0 Å². The summed E-state index contributed by atoms with van der Waals surface area (Å²) in [4.78, 5) is 33.2. The molecule has 0 saturated heterocycles. The molecule has 0 spiro atoms. The molecule has 0 fully saturated rings. The van der Waals surface area contributed by atoms with E-state index >= 15 is 0 Å². The van der Waals surface area contributed by atoms with E-state index in [4.69, 9.17) is 26.1 Å². The van der Waals surface area contributed by atoms with Gasteiger partial charge in [0.05, 0.1) is 32.0 Å². The fraction of sp³-hybridized carbons (Fsp3) is 0.114. The summed E-state index contributed by atoms with van der Waals surface area (Å²) in [6.45, 7) is 2.16. The monoisotopic (exact) mass is 876 g/mol. The molecule has 0 radical (unpaired) electrons. The number of thiazole rings is 1. The molecule has 6 rings (SSSR count). The third-order valence-electron chi connectivity index (χ3n) is 7.18. The molecular weight excluding hydrogens is 853 g/mol. The number of carbonyl (C=O) groups excluding carboxylic acids is 1. The first-order valence-electron chi connectivity index (χ1n) is 14.1. The molecule has 11 heteroatoms. The lowest BCUT2D eigenvalue weighted by Gasteiger charge is -2.25. The minimum Gasteiger partial charge on any atom is -0.487 e. The Morgan fingerprint density at radius 2 is 1.76 bits per heavy atom. The molecule has 0 N–H and O–H groups in total. The summed E-state index contributed by atoms with van der Waals surface area (Å²) in [5.41, 5.74) is 3.18. The van der Waals surface area contributed by atoms with Gasteiger partial charge in [-0.1, -0.05) is 77.5 Å². The second-order valence-corrected chi connectivity index (χ2v) is 14.1. The van der Waals surface area contributed by atoms with Crippen LogP contribution in [0, 0.1) is 13.0 Å². The Morgan fingerprint density at radius 1 is 1.04 bits per heavy atom. The van der Waals surface area contributed by atoms with Crippen LogP contribution in [-0.4, -0.2) is 17.1 Å². The number of carbonyl (C=O) groups is 1. The van der Waals surface area contributed by atoms with Crippen LogP contribution in [0.5, 0.6) is 5.75 Å². The summed E-state index contributed by atoms with van der Waals surface area (Å²) in [7, 11) is 0. The van der Waals surface area contributed by atoms with E-state index in [1.54, 1.807) is 25.1 Å². The minimum atomic E-state index is -0.898. The number of ether oxygens (including phenoxy) is 2. The molecule has 1 aliphatic heterocycles. The number of halogens is 4. The number of hydrogen-bond acceptors (Lipinski definition) is 6. The molecule has 2 heterocycles. The number of hydrogen-bond donors (Lipinski definition) is 0. The number of nitrogens with zero attached hydrogens (tertiary/aromatic N) is 2. The van der Waals surface area contributed by atoms with E-state index in [1.165, 1.54) is 28.0 Å². The van der Waals surface area contributed by atoms with Crippen LogP contribution in [0.2, 0.25) is 5.02 Å². The van der Waals surface area contributed by atoms with Gasteiger partial charge in [-0.15, -0.1) is 0 Å². The van der Waals surface area contributed by atoms with Crippen molar-refractivity contribution >= 4 is 85.9 Å². The number of fused-ring (bicyclic) bond motifs is 1. The molecular formula is C35H24ClFI2N2O4S. The second-order valence-electron chi connectivity index (χ2n) is 10.2. The lowest BCUT2D eigenvalue weighted by Crippen LogP contribution is -2.40. The van der Waals surface area contributed by atoms with Crippen LogP contribution in [0.25, 0.3) is 11.8 Å². The van der Waals surface area contributed by atoms with E-state index < -0.39 is 17.8 Å². The van der Waals surface area contributed by atoms with Crippen molar-refractivity contribution in [3.63, 3.8) is 0 Å². The summed E-state index contributed by atoms with van der Waals surface area (Å²) in [5, 5.41) is 0.643. The average Bonchev–Trinajstić information content (AvgIpc) is 3.35. The predicted octanol–water partition coefficient (Wildman–Crippen LogP) is 7.52. The lowest BCUT2D eigenvalue weighted by molar-refractivity contribution is -0.138. The van der Waals surface area contributed by atoms with Gasteiger partial charge in [0.15, 0.2) is 4.80 Å². The Kier molecular flexibility index (Phi) is 10.1. The lowest BCUT2D eigenvalue weighted by atomic mass is 9.93. The Balaban J connectivity index is 1.55. The molecule has 0 amide bonds. The Morgan fingerprint density at radius 3 is 2.46 bits per heavy atom. The van der Waals surface area contributed by atoms with Gasteiger partial charge in [0.25, 0.3) is 5.56 Å². The van der Waals surface area contributed by atoms with Crippen molar-refractivity contribution in [2.75, 3.05) is 6.61 Å². The number of benzene rings is 4. The summed E-state index contributed by atoms with van der Waals surface area (Å²) < 4.78 is 29.6. The summed E-state index contributed by atoms with van der Waals surface area (Å²) in [5.74, 6) is -0.395. The van der Waals surface area contributed by atoms with Crippen LogP contribution in [-0.2, 0) is 16.1 Å².